The first-order valence-corrected chi connectivity index (χ1v) is 6.12. The van der Waals surface area contributed by atoms with Gasteiger partial charge in [-0.05, 0) is 24.6 Å². The maximum Gasteiger partial charge on any atom is 0.257 e. The van der Waals surface area contributed by atoms with E-state index in [1.807, 2.05) is 19.1 Å². The van der Waals surface area contributed by atoms with Crippen LogP contribution in [0.5, 0.6) is 0 Å². The normalized spacial score (nSPS) is 9.70. The molecule has 1 aromatic heterocycles. The van der Waals surface area contributed by atoms with Crippen molar-refractivity contribution in [2.24, 2.45) is 0 Å². The molecule has 2 N–H and O–H groups in total. The molecule has 0 radical (unpaired) electrons. The number of anilines is 1. The van der Waals surface area contributed by atoms with Crippen LogP contribution in [0.2, 0.25) is 0 Å². The first kappa shape index (κ1) is 13.8. The Bertz CT molecular complexity index is 651. The highest BCUT2D eigenvalue weighted by atomic mass is 16.5. The van der Waals surface area contributed by atoms with Crippen molar-refractivity contribution >= 4 is 11.6 Å². The quantitative estimate of drug-likeness (QED) is 0.836. The molecule has 1 aromatic carbocycles. The molecule has 0 atom stereocenters. The smallest absolute Gasteiger partial charge is 0.257 e. The van der Waals surface area contributed by atoms with Crippen LogP contribution in [0.15, 0.2) is 35.2 Å². The third-order valence-corrected chi connectivity index (χ3v) is 2.57. The lowest BCUT2D eigenvalue weighted by Crippen LogP contribution is -2.13. The van der Waals surface area contributed by atoms with E-state index in [2.05, 4.69) is 26.8 Å². The van der Waals surface area contributed by atoms with Gasteiger partial charge in [-0.15, -0.1) is 0 Å². The summed E-state index contributed by atoms with van der Waals surface area (Å²) in [5, 5.41) is 14.9. The van der Waals surface area contributed by atoms with Gasteiger partial charge in [0.15, 0.2) is 0 Å². The van der Waals surface area contributed by atoms with Crippen molar-refractivity contribution in [3.63, 3.8) is 0 Å². The summed E-state index contributed by atoms with van der Waals surface area (Å²) < 4.78 is 4.66. The fourth-order valence-electron chi connectivity index (χ4n) is 1.64. The summed E-state index contributed by atoms with van der Waals surface area (Å²) in [6.07, 6.45) is 3.15. The molecule has 0 saturated heterocycles. The fourth-order valence-corrected chi connectivity index (χ4v) is 1.64. The molecule has 5 nitrogen and oxygen atoms in total. The van der Waals surface area contributed by atoms with Gasteiger partial charge < -0.3 is 14.9 Å². The van der Waals surface area contributed by atoms with Crippen LogP contribution >= 0.6 is 0 Å². The molecule has 1 amide bonds. The van der Waals surface area contributed by atoms with E-state index in [9.17, 15) is 4.79 Å². The van der Waals surface area contributed by atoms with Crippen molar-refractivity contribution in [3.05, 3.63) is 47.3 Å². The largest absolute Gasteiger partial charge is 0.395 e. The zero-order valence-corrected chi connectivity index (χ0v) is 11.0. The third kappa shape index (κ3) is 3.46. The van der Waals surface area contributed by atoms with Gasteiger partial charge in [0.2, 0.25) is 0 Å². The predicted octanol–water partition coefficient (Wildman–Crippen LogP) is 1.97. The van der Waals surface area contributed by atoms with Crippen molar-refractivity contribution in [3.8, 4) is 11.8 Å². The Morgan fingerprint density at radius 2 is 2.35 bits per heavy atom. The van der Waals surface area contributed by atoms with E-state index in [0.717, 1.165) is 5.56 Å². The number of nitrogens with zero attached hydrogens (tertiary/aromatic N) is 1. The number of nitrogens with one attached hydrogen (secondary N) is 1. The number of amides is 1. The molecule has 0 aliphatic heterocycles. The second-order valence-electron chi connectivity index (χ2n) is 4.19. The van der Waals surface area contributed by atoms with E-state index < -0.39 is 0 Å². The number of rotatable bonds is 3. The van der Waals surface area contributed by atoms with Gasteiger partial charge >= 0.3 is 0 Å². The number of aliphatic hydroxyl groups excluding tert-OH is 1. The van der Waals surface area contributed by atoms with Crippen molar-refractivity contribution in [1.29, 1.82) is 0 Å². The minimum atomic E-state index is -0.276. The van der Waals surface area contributed by atoms with Gasteiger partial charge in [0, 0.05) is 12.0 Å². The van der Waals surface area contributed by atoms with E-state index in [-0.39, 0.29) is 12.5 Å². The number of carbonyl (C=O) groups is 1. The summed E-state index contributed by atoms with van der Waals surface area (Å²) in [5.41, 5.74) is 2.61. The molecule has 0 unspecified atom stereocenters. The van der Waals surface area contributed by atoms with Crippen molar-refractivity contribution < 1.29 is 14.4 Å². The van der Waals surface area contributed by atoms with Gasteiger partial charge in [0.25, 0.3) is 5.91 Å². The summed E-state index contributed by atoms with van der Waals surface area (Å²) in [4.78, 5) is 12.2. The first-order chi connectivity index (χ1) is 9.70. The SMILES string of the molecule is Cc1ccc(C(=O)Nc2cnoc2)c(C#CCCO)c1. The van der Waals surface area contributed by atoms with Crippen LogP contribution in [0.1, 0.15) is 27.9 Å². The number of carbonyl (C=O) groups excluding carboxylic acids is 1. The number of hydrogen-bond acceptors (Lipinski definition) is 4. The fraction of sp³-hybridized carbons (Fsp3) is 0.200. The summed E-state index contributed by atoms with van der Waals surface area (Å²) >= 11 is 0. The van der Waals surface area contributed by atoms with E-state index in [0.29, 0.717) is 23.2 Å². The number of benzene rings is 1. The van der Waals surface area contributed by atoms with Crippen LogP contribution in [0.25, 0.3) is 0 Å². The molecular formula is C15H14N2O3. The van der Waals surface area contributed by atoms with Crippen molar-refractivity contribution in [1.82, 2.24) is 5.16 Å². The molecule has 2 aromatic rings. The highest BCUT2D eigenvalue weighted by Gasteiger charge is 2.11. The minimum absolute atomic E-state index is 0.00103. The first-order valence-electron chi connectivity index (χ1n) is 6.12. The summed E-state index contributed by atoms with van der Waals surface area (Å²) in [7, 11) is 0. The summed E-state index contributed by atoms with van der Waals surface area (Å²) in [5.74, 6) is 5.45. The Hall–Kier alpha value is -2.58. The van der Waals surface area contributed by atoms with E-state index in [1.165, 1.54) is 12.5 Å². The second-order valence-corrected chi connectivity index (χ2v) is 4.19. The molecule has 102 valence electrons. The highest BCUT2D eigenvalue weighted by molar-refractivity contribution is 6.05. The van der Waals surface area contributed by atoms with E-state index >= 15 is 0 Å². The molecule has 0 bridgehead atoms. The average Bonchev–Trinajstić information content (AvgIpc) is 2.92. The molecule has 0 fully saturated rings. The molecule has 1 heterocycles. The summed E-state index contributed by atoms with van der Waals surface area (Å²) in [6, 6.07) is 5.41. The van der Waals surface area contributed by atoms with Gasteiger partial charge in [0.1, 0.15) is 12.0 Å². The Kier molecular flexibility index (Phi) is 4.53. The van der Waals surface area contributed by atoms with Crippen LogP contribution < -0.4 is 5.32 Å². The molecule has 2 rings (SSSR count). The van der Waals surface area contributed by atoms with E-state index in [1.54, 1.807) is 6.07 Å². The molecule has 0 saturated carbocycles. The molecule has 5 heteroatoms. The molecule has 0 spiro atoms. The predicted molar refractivity (Wildman–Crippen MR) is 74.2 cm³/mol. The Morgan fingerprint density at radius 3 is 3.05 bits per heavy atom. The van der Waals surface area contributed by atoms with Crippen LogP contribution in [0, 0.1) is 18.8 Å². The molecule has 20 heavy (non-hydrogen) atoms. The number of hydrogen-bond donors (Lipinski definition) is 2. The maximum absolute atomic E-state index is 12.2. The van der Waals surface area contributed by atoms with Gasteiger partial charge in [-0.25, -0.2) is 0 Å². The lowest BCUT2D eigenvalue weighted by molar-refractivity contribution is 0.102. The second kappa shape index (κ2) is 6.55. The Labute approximate surface area is 116 Å². The number of aromatic nitrogens is 1. The number of aryl methyl sites for hydroxylation is 1. The van der Waals surface area contributed by atoms with Crippen LogP contribution in [0.4, 0.5) is 5.69 Å². The van der Waals surface area contributed by atoms with E-state index in [4.69, 9.17) is 5.11 Å². The monoisotopic (exact) mass is 270 g/mol. The van der Waals surface area contributed by atoms with Gasteiger partial charge in [-0.2, -0.15) is 0 Å². The zero-order valence-electron chi connectivity index (χ0n) is 11.0. The third-order valence-electron chi connectivity index (χ3n) is 2.57. The standard InChI is InChI=1S/C15H14N2O3/c1-11-5-6-14(12(8-11)4-2-3-7-18)15(19)17-13-9-16-20-10-13/h5-6,8-10,18H,3,7H2,1H3,(H,17,19). The van der Waals surface area contributed by atoms with Crippen LogP contribution in [-0.2, 0) is 0 Å². The van der Waals surface area contributed by atoms with Gasteiger partial charge in [-0.1, -0.05) is 23.1 Å². The molecule has 0 aliphatic carbocycles. The van der Waals surface area contributed by atoms with Crippen molar-refractivity contribution in [2.45, 2.75) is 13.3 Å². The Morgan fingerprint density at radius 1 is 1.50 bits per heavy atom. The zero-order chi connectivity index (χ0) is 14.4. The topological polar surface area (TPSA) is 75.4 Å². The van der Waals surface area contributed by atoms with Gasteiger partial charge in [0.05, 0.1) is 18.4 Å². The molecule has 0 aliphatic rings. The van der Waals surface area contributed by atoms with Crippen LogP contribution in [-0.4, -0.2) is 22.8 Å². The Balaban J connectivity index is 2.26. The average molecular weight is 270 g/mol. The number of aliphatic hydroxyl groups is 1. The van der Waals surface area contributed by atoms with Crippen LogP contribution in [0.3, 0.4) is 0 Å². The maximum atomic E-state index is 12.2. The van der Waals surface area contributed by atoms with Gasteiger partial charge in [-0.3, -0.25) is 4.79 Å². The molecular weight excluding hydrogens is 256 g/mol. The lowest BCUT2D eigenvalue weighted by atomic mass is 10.0. The lowest BCUT2D eigenvalue weighted by Gasteiger charge is -2.05. The highest BCUT2D eigenvalue weighted by Crippen LogP contribution is 2.14. The minimum Gasteiger partial charge on any atom is -0.395 e. The van der Waals surface area contributed by atoms with Crippen molar-refractivity contribution in [2.75, 3.05) is 11.9 Å². The summed E-state index contributed by atoms with van der Waals surface area (Å²) in [6.45, 7) is 1.93.